The smallest absolute Gasteiger partial charge is 0.306 e. The number of benzene rings is 1. The summed E-state index contributed by atoms with van der Waals surface area (Å²) >= 11 is 5.00. The molecule has 1 amide bonds. The summed E-state index contributed by atoms with van der Waals surface area (Å²) in [5.74, 6) is -0.762. The predicted octanol–water partition coefficient (Wildman–Crippen LogP) is 2.10. The monoisotopic (exact) mass is 319 g/mol. The summed E-state index contributed by atoms with van der Waals surface area (Å²) in [5, 5.41) is 14.1. The van der Waals surface area contributed by atoms with Crippen molar-refractivity contribution < 1.29 is 14.3 Å². The largest absolute Gasteiger partial charge is 0.466 e. The van der Waals surface area contributed by atoms with E-state index >= 15 is 0 Å². The van der Waals surface area contributed by atoms with E-state index in [2.05, 4.69) is 10.6 Å². The number of nitriles is 1. The Balaban J connectivity index is 2.33. The van der Waals surface area contributed by atoms with E-state index in [0.29, 0.717) is 17.9 Å². The van der Waals surface area contributed by atoms with Gasteiger partial charge < -0.3 is 15.4 Å². The first-order valence-electron chi connectivity index (χ1n) is 6.81. The summed E-state index contributed by atoms with van der Waals surface area (Å²) in [6.07, 6.45) is 0.777. The molecule has 0 aliphatic heterocycles. The number of amides is 1. The van der Waals surface area contributed by atoms with Gasteiger partial charge in [-0.25, -0.2) is 0 Å². The molecule has 0 aliphatic rings. The number of hydrogen-bond donors (Lipinski definition) is 2. The predicted molar refractivity (Wildman–Crippen MR) is 86.0 cm³/mol. The van der Waals surface area contributed by atoms with Crippen LogP contribution in [0.5, 0.6) is 0 Å². The van der Waals surface area contributed by atoms with Crippen LogP contribution in [-0.2, 0) is 14.3 Å². The maximum Gasteiger partial charge on any atom is 0.306 e. The molecule has 1 aromatic rings. The molecule has 1 rings (SSSR count). The van der Waals surface area contributed by atoms with Crippen molar-refractivity contribution >= 4 is 34.9 Å². The van der Waals surface area contributed by atoms with Gasteiger partial charge in [-0.2, -0.15) is 5.26 Å². The van der Waals surface area contributed by atoms with E-state index in [9.17, 15) is 9.59 Å². The molecule has 0 saturated heterocycles. The number of rotatable bonds is 6. The number of carbonyl (C=O) groups excluding carboxylic acids is 2. The molecular weight excluding hydrogens is 302 g/mol. The third-order valence-corrected chi connectivity index (χ3v) is 2.75. The molecule has 0 fully saturated rings. The number of ether oxygens (including phenoxy) is 1. The Morgan fingerprint density at radius 1 is 1.27 bits per heavy atom. The second-order valence-corrected chi connectivity index (χ2v) is 4.82. The Labute approximate surface area is 134 Å². The Morgan fingerprint density at radius 2 is 1.95 bits per heavy atom. The maximum atomic E-state index is 11.6. The first-order valence-corrected chi connectivity index (χ1v) is 7.22. The number of nitrogens with one attached hydrogen (secondary N) is 2. The molecule has 0 aromatic heterocycles. The highest BCUT2D eigenvalue weighted by atomic mass is 32.1. The van der Waals surface area contributed by atoms with Gasteiger partial charge in [0.05, 0.1) is 24.7 Å². The van der Waals surface area contributed by atoms with Gasteiger partial charge >= 0.3 is 5.97 Å². The molecular formula is C15H17N3O3S. The van der Waals surface area contributed by atoms with Crippen LogP contribution in [0.2, 0.25) is 0 Å². The van der Waals surface area contributed by atoms with Crippen LogP contribution in [0.1, 0.15) is 31.7 Å². The lowest BCUT2D eigenvalue weighted by molar-refractivity contribution is -0.144. The highest BCUT2D eigenvalue weighted by Crippen LogP contribution is 2.08. The van der Waals surface area contributed by atoms with Gasteiger partial charge in [-0.15, -0.1) is 0 Å². The molecule has 6 nitrogen and oxygen atoms in total. The van der Waals surface area contributed by atoms with E-state index < -0.39 is 5.97 Å². The minimum absolute atomic E-state index is 0.0116. The fourth-order valence-corrected chi connectivity index (χ4v) is 1.71. The summed E-state index contributed by atoms with van der Waals surface area (Å²) < 4.78 is 4.87. The number of esters is 1. The minimum atomic E-state index is -0.400. The fraction of sp³-hybridized carbons (Fsp3) is 0.333. The van der Waals surface area contributed by atoms with E-state index in [-0.39, 0.29) is 23.9 Å². The SMILES string of the molecule is CCCOC(=O)CCC(=O)NC(=S)Nc1ccc(C#N)cc1. The Kier molecular flexibility index (Phi) is 7.57. The fourth-order valence-electron chi connectivity index (χ4n) is 1.48. The Bertz CT molecular complexity index is 579. The van der Waals surface area contributed by atoms with E-state index in [1.54, 1.807) is 24.3 Å². The highest BCUT2D eigenvalue weighted by Gasteiger charge is 2.09. The second kappa shape index (κ2) is 9.47. The zero-order valence-corrected chi connectivity index (χ0v) is 13.0. The van der Waals surface area contributed by atoms with Crippen molar-refractivity contribution in [3.8, 4) is 6.07 Å². The van der Waals surface area contributed by atoms with Crippen LogP contribution < -0.4 is 10.6 Å². The van der Waals surface area contributed by atoms with E-state index in [1.807, 2.05) is 13.0 Å². The third-order valence-electron chi connectivity index (χ3n) is 2.55. The lowest BCUT2D eigenvalue weighted by Gasteiger charge is -2.09. The van der Waals surface area contributed by atoms with E-state index in [4.69, 9.17) is 22.2 Å². The first kappa shape index (κ1) is 17.6. The molecule has 1 aromatic carbocycles. The average Bonchev–Trinajstić information content (AvgIpc) is 2.51. The van der Waals surface area contributed by atoms with E-state index in [1.165, 1.54) is 0 Å². The molecule has 0 saturated carbocycles. The molecule has 116 valence electrons. The Hall–Kier alpha value is -2.46. The molecule has 7 heteroatoms. The lowest BCUT2D eigenvalue weighted by Crippen LogP contribution is -2.34. The third kappa shape index (κ3) is 6.81. The van der Waals surface area contributed by atoms with Crippen molar-refractivity contribution in [1.29, 1.82) is 5.26 Å². The number of carbonyl (C=O) groups is 2. The average molecular weight is 319 g/mol. The van der Waals surface area contributed by atoms with Gasteiger partial charge in [0, 0.05) is 12.1 Å². The molecule has 0 aliphatic carbocycles. The number of anilines is 1. The Morgan fingerprint density at radius 3 is 2.55 bits per heavy atom. The van der Waals surface area contributed by atoms with Crippen LogP contribution in [0.15, 0.2) is 24.3 Å². The zero-order valence-electron chi connectivity index (χ0n) is 12.2. The lowest BCUT2D eigenvalue weighted by atomic mass is 10.2. The summed E-state index contributed by atoms with van der Waals surface area (Å²) in [5.41, 5.74) is 1.19. The summed E-state index contributed by atoms with van der Waals surface area (Å²) in [6.45, 7) is 2.26. The van der Waals surface area contributed by atoms with Gasteiger partial charge in [0.25, 0.3) is 0 Å². The molecule has 2 N–H and O–H groups in total. The van der Waals surface area contributed by atoms with Crippen LogP contribution in [0, 0.1) is 11.3 Å². The molecule has 0 spiro atoms. The molecule has 0 heterocycles. The van der Waals surface area contributed by atoms with Gasteiger partial charge in [-0.3, -0.25) is 9.59 Å². The van der Waals surface area contributed by atoms with Gasteiger partial charge in [-0.05, 0) is 42.9 Å². The van der Waals surface area contributed by atoms with Crippen LogP contribution >= 0.6 is 12.2 Å². The van der Waals surface area contributed by atoms with Crippen LogP contribution in [0.3, 0.4) is 0 Å². The summed E-state index contributed by atoms with van der Waals surface area (Å²) in [7, 11) is 0. The molecule has 0 unspecified atom stereocenters. The zero-order chi connectivity index (χ0) is 16.4. The van der Waals surface area contributed by atoms with Crippen molar-refractivity contribution in [2.75, 3.05) is 11.9 Å². The molecule has 0 radical (unpaired) electrons. The number of thiocarbonyl (C=S) groups is 1. The van der Waals surface area contributed by atoms with Crippen LogP contribution in [0.4, 0.5) is 5.69 Å². The van der Waals surface area contributed by atoms with Crippen LogP contribution in [-0.4, -0.2) is 23.6 Å². The van der Waals surface area contributed by atoms with Gasteiger partial charge in [-0.1, -0.05) is 6.92 Å². The molecule has 22 heavy (non-hydrogen) atoms. The van der Waals surface area contributed by atoms with Gasteiger partial charge in [0.15, 0.2) is 5.11 Å². The van der Waals surface area contributed by atoms with Crippen molar-refractivity contribution in [2.24, 2.45) is 0 Å². The topological polar surface area (TPSA) is 91.2 Å². The van der Waals surface area contributed by atoms with Crippen LogP contribution in [0.25, 0.3) is 0 Å². The summed E-state index contributed by atoms with van der Waals surface area (Å²) in [6, 6.07) is 8.64. The summed E-state index contributed by atoms with van der Waals surface area (Å²) in [4.78, 5) is 22.9. The second-order valence-electron chi connectivity index (χ2n) is 4.41. The molecule has 0 bridgehead atoms. The van der Waals surface area contributed by atoms with Gasteiger partial charge in [0.2, 0.25) is 5.91 Å². The normalized spacial score (nSPS) is 9.45. The number of nitrogens with zero attached hydrogens (tertiary/aromatic N) is 1. The minimum Gasteiger partial charge on any atom is -0.466 e. The standard InChI is InChI=1S/C15H17N3O3S/c1-2-9-21-14(20)8-7-13(19)18-15(22)17-12-5-3-11(10-16)4-6-12/h3-6H,2,7-9H2,1H3,(H2,17,18,19,22). The van der Waals surface area contributed by atoms with E-state index in [0.717, 1.165) is 6.42 Å². The van der Waals surface area contributed by atoms with Crippen molar-refractivity contribution in [3.05, 3.63) is 29.8 Å². The van der Waals surface area contributed by atoms with Crippen molar-refractivity contribution in [1.82, 2.24) is 5.32 Å². The van der Waals surface area contributed by atoms with Gasteiger partial charge in [0.1, 0.15) is 0 Å². The highest BCUT2D eigenvalue weighted by molar-refractivity contribution is 7.80. The van der Waals surface area contributed by atoms with Crippen molar-refractivity contribution in [3.63, 3.8) is 0 Å². The molecule has 0 atom stereocenters. The van der Waals surface area contributed by atoms with Crippen molar-refractivity contribution in [2.45, 2.75) is 26.2 Å². The first-order chi connectivity index (χ1) is 10.5. The number of hydrogen-bond acceptors (Lipinski definition) is 5. The quantitative estimate of drug-likeness (QED) is 0.616. The maximum absolute atomic E-state index is 11.6.